The average Bonchev–Trinajstić information content (AvgIpc) is 3.97. The third-order valence-electron chi connectivity index (χ3n) is 10.8. The van der Waals surface area contributed by atoms with Gasteiger partial charge in [0.05, 0.1) is 24.1 Å². The van der Waals surface area contributed by atoms with Gasteiger partial charge >= 0.3 is 12.1 Å². The smallest absolute Gasteiger partial charge is 0.407 e. The molecule has 0 aromatic carbocycles. The number of fused-ring (bicyclic) bond motifs is 2. The van der Waals surface area contributed by atoms with Gasteiger partial charge in [-0.05, 0) is 60.5 Å². The molecule has 3 aliphatic heterocycles. The Balaban J connectivity index is 1.30. The van der Waals surface area contributed by atoms with Crippen LogP contribution in [-0.2, 0) is 38.7 Å². The maximum absolute atomic E-state index is 14.5. The summed E-state index contributed by atoms with van der Waals surface area (Å²) in [6.07, 6.45) is 10.5. The van der Waals surface area contributed by atoms with Gasteiger partial charge in [-0.3, -0.25) is 19.1 Å². The van der Waals surface area contributed by atoms with Crippen molar-refractivity contribution in [3.8, 4) is 0 Å². The molecule has 6 rings (SSSR count). The summed E-state index contributed by atoms with van der Waals surface area (Å²) in [6, 6.07) is -2.89. The maximum Gasteiger partial charge on any atom is 0.407 e. The average molecular weight is 755 g/mol. The van der Waals surface area contributed by atoms with E-state index in [4.69, 9.17) is 9.47 Å². The van der Waals surface area contributed by atoms with Crippen molar-refractivity contribution in [1.29, 1.82) is 0 Å². The fourth-order valence-electron chi connectivity index (χ4n) is 7.24. The van der Waals surface area contributed by atoms with Crippen molar-refractivity contribution in [1.82, 2.24) is 20.3 Å². The van der Waals surface area contributed by atoms with Crippen LogP contribution in [0.3, 0.4) is 0 Å². The minimum atomic E-state index is -3.89. The number of ether oxygens (including phenoxy) is 2. The van der Waals surface area contributed by atoms with Crippen LogP contribution in [0.1, 0.15) is 86.5 Å². The largest absolute Gasteiger partial charge is 0.455 e. The Bertz CT molecular complexity index is 1840. The Kier molecular flexibility index (Phi) is 10.2. The van der Waals surface area contributed by atoms with E-state index >= 15 is 0 Å². The molecule has 16 heteroatoms. The summed E-state index contributed by atoms with van der Waals surface area (Å²) in [4.78, 5) is 79.1. The minimum absolute atomic E-state index is 0.0855. The lowest BCUT2D eigenvalue weighted by atomic mass is 9.85. The minimum Gasteiger partial charge on any atom is -0.455 e. The standard InChI is InChI=1S/C37H50N6O9S/c1-7-22-18-37(22,33(47)42-53(49,50)24-14-15-24)41-30(44)26-17-23-19-43(26)31(45)28(35(2,3)4)40-34(48)51-20-36(5,6)16-9-8-11-21-12-10-13-25-27(21)39-29(38-25)32(46)52-23/h8,10-13,22-24,26-28H,7,9,14-20H2,1-6H3,(H,40,48)(H,41,44)(H,42,47)/b11-8+/t22-,23-,26+,27?,28-,37-/m1/s1. The third-order valence-corrected chi connectivity index (χ3v) is 12.6. The number of hydrogen-bond acceptors (Lipinski definition) is 11. The summed E-state index contributed by atoms with van der Waals surface area (Å²) in [7, 11) is -3.89. The van der Waals surface area contributed by atoms with Gasteiger partial charge in [0.15, 0.2) is 0 Å². The second-order valence-corrected chi connectivity index (χ2v) is 18.7. The number of alkyl carbamates (subject to hydrolysis) is 1. The molecule has 4 bridgehead atoms. The number of carbonyl (C=O) groups excluding carboxylic acids is 5. The van der Waals surface area contributed by atoms with E-state index in [9.17, 15) is 32.4 Å². The van der Waals surface area contributed by atoms with Crippen molar-refractivity contribution >= 4 is 51.4 Å². The molecular weight excluding hydrogens is 705 g/mol. The molecule has 1 saturated heterocycles. The second-order valence-electron chi connectivity index (χ2n) is 16.8. The van der Waals surface area contributed by atoms with Gasteiger partial charge in [-0.25, -0.2) is 28.0 Å². The predicted molar refractivity (Wildman–Crippen MR) is 195 cm³/mol. The fraction of sp³-hybridized carbons (Fsp3) is 0.649. The van der Waals surface area contributed by atoms with E-state index in [0.717, 1.165) is 5.57 Å². The van der Waals surface area contributed by atoms with E-state index in [-0.39, 0.29) is 37.7 Å². The molecule has 3 heterocycles. The molecule has 0 spiro atoms. The van der Waals surface area contributed by atoms with Gasteiger partial charge in [0.1, 0.15) is 29.8 Å². The zero-order valence-corrected chi connectivity index (χ0v) is 32.0. The lowest BCUT2D eigenvalue weighted by Gasteiger charge is -2.35. The summed E-state index contributed by atoms with van der Waals surface area (Å²) in [5.41, 5.74) is -1.32. The number of esters is 1. The Morgan fingerprint density at radius 3 is 2.53 bits per heavy atom. The van der Waals surface area contributed by atoms with Crippen LogP contribution in [0.5, 0.6) is 0 Å². The summed E-state index contributed by atoms with van der Waals surface area (Å²) in [5.74, 6) is -3.42. The second kappa shape index (κ2) is 14.1. The molecule has 2 saturated carbocycles. The van der Waals surface area contributed by atoms with Crippen molar-refractivity contribution in [2.75, 3.05) is 13.2 Å². The highest BCUT2D eigenvalue weighted by Crippen LogP contribution is 2.47. The number of aliphatic imine (C=N–C) groups is 2. The van der Waals surface area contributed by atoms with Crippen molar-refractivity contribution in [2.45, 2.75) is 122 Å². The molecule has 0 aromatic heterocycles. The van der Waals surface area contributed by atoms with E-state index in [0.29, 0.717) is 37.8 Å². The number of hydrogen-bond donors (Lipinski definition) is 3. The van der Waals surface area contributed by atoms with Crippen LogP contribution < -0.4 is 15.4 Å². The quantitative estimate of drug-likeness (QED) is 0.341. The lowest BCUT2D eigenvalue weighted by Crippen LogP contribution is -2.60. The van der Waals surface area contributed by atoms with E-state index in [2.05, 4.69) is 25.3 Å². The summed E-state index contributed by atoms with van der Waals surface area (Å²) in [5, 5.41) is 4.86. The van der Waals surface area contributed by atoms with Crippen LogP contribution in [0.25, 0.3) is 0 Å². The Morgan fingerprint density at radius 2 is 1.87 bits per heavy atom. The molecule has 1 unspecified atom stereocenters. The van der Waals surface area contributed by atoms with Crippen molar-refractivity contribution < 1.29 is 41.9 Å². The van der Waals surface area contributed by atoms with Gasteiger partial charge in [0, 0.05) is 6.42 Å². The Hall–Kier alpha value is -4.34. The van der Waals surface area contributed by atoms with Crippen molar-refractivity contribution in [3.05, 3.63) is 36.0 Å². The first-order valence-corrected chi connectivity index (χ1v) is 19.9. The molecule has 6 atom stereocenters. The van der Waals surface area contributed by atoms with Gasteiger partial charge in [0.25, 0.3) is 5.91 Å². The van der Waals surface area contributed by atoms with Crippen LogP contribution >= 0.6 is 0 Å². The molecule has 3 aliphatic carbocycles. The summed E-state index contributed by atoms with van der Waals surface area (Å²) < 4.78 is 39.0. The first-order valence-electron chi connectivity index (χ1n) is 18.4. The van der Waals surface area contributed by atoms with E-state index < -0.39 is 85.7 Å². The number of cyclic esters (lactones) is 1. The van der Waals surface area contributed by atoms with E-state index in [1.165, 1.54) is 4.90 Å². The zero-order chi connectivity index (χ0) is 38.5. The monoisotopic (exact) mass is 754 g/mol. The molecule has 4 amide bonds. The molecule has 3 N–H and O–H groups in total. The highest BCUT2D eigenvalue weighted by molar-refractivity contribution is 7.91. The van der Waals surface area contributed by atoms with Gasteiger partial charge in [-0.15, -0.1) is 0 Å². The first kappa shape index (κ1) is 38.4. The number of amidine groups is 1. The summed E-state index contributed by atoms with van der Waals surface area (Å²) >= 11 is 0. The normalized spacial score (nSPS) is 32.3. The van der Waals surface area contributed by atoms with Gasteiger partial charge in [0.2, 0.25) is 27.7 Å². The van der Waals surface area contributed by atoms with E-state index in [1.54, 1.807) is 26.8 Å². The number of carbonyl (C=O) groups is 5. The number of rotatable bonds is 6. The van der Waals surface area contributed by atoms with Crippen LogP contribution in [0.2, 0.25) is 0 Å². The Morgan fingerprint density at radius 1 is 1.13 bits per heavy atom. The lowest BCUT2D eigenvalue weighted by molar-refractivity contribution is -0.144. The van der Waals surface area contributed by atoms with Crippen LogP contribution in [0.4, 0.5) is 4.79 Å². The number of nitrogens with zero attached hydrogens (tertiary/aromatic N) is 3. The highest BCUT2D eigenvalue weighted by Gasteiger charge is 2.62. The van der Waals surface area contributed by atoms with Crippen molar-refractivity contribution in [3.63, 3.8) is 0 Å². The van der Waals surface area contributed by atoms with Crippen LogP contribution in [-0.4, -0.2) is 103 Å². The zero-order valence-electron chi connectivity index (χ0n) is 31.1. The molecule has 3 fully saturated rings. The molecule has 6 aliphatic rings. The maximum atomic E-state index is 14.5. The summed E-state index contributed by atoms with van der Waals surface area (Å²) in [6.45, 7) is 11.0. The molecule has 288 valence electrons. The molecule has 0 radical (unpaired) electrons. The molecular formula is C37H50N6O9S. The molecule has 15 nitrogen and oxygen atoms in total. The number of amides is 4. The number of sulfonamides is 1. The van der Waals surface area contributed by atoms with Crippen LogP contribution in [0.15, 0.2) is 45.9 Å². The number of allylic oxidation sites excluding steroid dienone is 3. The predicted octanol–water partition coefficient (Wildman–Crippen LogP) is 2.63. The third kappa shape index (κ3) is 8.26. The van der Waals surface area contributed by atoms with Gasteiger partial charge in [-0.1, -0.05) is 72.3 Å². The van der Waals surface area contributed by atoms with Gasteiger partial charge < -0.3 is 25.0 Å². The fourth-order valence-corrected chi connectivity index (χ4v) is 8.61. The Labute approximate surface area is 310 Å². The highest BCUT2D eigenvalue weighted by atomic mass is 32.2. The molecule has 0 aromatic rings. The van der Waals surface area contributed by atoms with E-state index in [1.807, 2.05) is 45.1 Å². The topological polar surface area (TPSA) is 202 Å². The van der Waals surface area contributed by atoms with Gasteiger partial charge in [-0.2, -0.15) is 0 Å². The first-order chi connectivity index (χ1) is 24.8. The SMILES string of the molecule is CC[C@@H]1C[C@]1(NC(=O)[C@@H]1C[C@@H]2CN1C(=O)[C@H](C(C)(C)C)NC(=O)OCC(C)(C)CC/C=C/C1=CC=CC3=NC(=NC13)C(=O)O2)C(=O)NS(=O)(=O)C1CC1. The number of nitrogens with one attached hydrogen (secondary N) is 3. The molecule has 53 heavy (non-hydrogen) atoms. The van der Waals surface area contributed by atoms with Crippen LogP contribution in [0, 0.1) is 16.7 Å². The van der Waals surface area contributed by atoms with Crippen molar-refractivity contribution in [2.24, 2.45) is 26.7 Å².